The summed E-state index contributed by atoms with van der Waals surface area (Å²) in [5, 5.41) is 0. The van der Waals surface area contributed by atoms with Gasteiger partial charge in [0.1, 0.15) is 5.75 Å². The molecule has 0 aliphatic carbocycles. The highest BCUT2D eigenvalue weighted by molar-refractivity contribution is 7.71. The first-order valence-electron chi connectivity index (χ1n) is 6.69. The number of nitrogens with zero attached hydrogens (tertiary/aromatic N) is 1. The molecule has 0 unspecified atom stereocenters. The maximum absolute atomic E-state index is 11.8. The van der Waals surface area contributed by atoms with Crippen LogP contribution in [-0.2, 0) is 0 Å². The van der Waals surface area contributed by atoms with E-state index in [9.17, 15) is 4.79 Å². The SMILES string of the molecule is CCC[C@H](C)Oc1ccc(-n2c(=O)cc[nH]c2=S)cc1. The van der Waals surface area contributed by atoms with Gasteiger partial charge in [0.2, 0.25) is 0 Å². The average molecular weight is 290 g/mol. The van der Waals surface area contributed by atoms with Crippen molar-refractivity contribution in [3.8, 4) is 11.4 Å². The van der Waals surface area contributed by atoms with E-state index >= 15 is 0 Å². The van der Waals surface area contributed by atoms with Crippen LogP contribution in [0.25, 0.3) is 5.69 Å². The van der Waals surface area contributed by atoms with Crippen molar-refractivity contribution in [1.82, 2.24) is 9.55 Å². The largest absolute Gasteiger partial charge is 0.491 e. The molecule has 2 rings (SSSR count). The van der Waals surface area contributed by atoms with Crippen LogP contribution in [-0.4, -0.2) is 15.7 Å². The monoisotopic (exact) mass is 290 g/mol. The van der Waals surface area contributed by atoms with E-state index in [0.717, 1.165) is 24.3 Å². The first-order valence-corrected chi connectivity index (χ1v) is 7.10. The number of H-pyrrole nitrogens is 1. The number of aromatic nitrogens is 2. The molecule has 2 aromatic rings. The van der Waals surface area contributed by atoms with Crippen molar-refractivity contribution in [2.75, 3.05) is 0 Å². The Morgan fingerprint density at radius 1 is 1.30 bits per heavy atom. The van der Waals surface area contributed by atoms with Crippen LogP contribution in [0.3, 0.4) is 0 Å². The molecular weight excluding hydrogens is 272 g/mol. The number of hydrogen-bond acceptors (Lipinski definition) is 3. The summed E-state index contributed by atoms with van der Waals surface area (Å²) in [6.07, 6.45) is 3.84. The third-order valence-electron chi connectivity index (χ3n) is 2.98. The first kappa shape index (κ1) is 14.5. The molecule has 106 valence electrons. The summed E-state index contributed by atoms with van der Waals surface area (Å²) in [6, 6.07) is 8.83. The van der Waals surface area contributed by atoms with Gasteiger partial charge in [-0.3, -0.25) is 9.36 Å². The van der Waals surface area contributed by atoms with Crippen LogP contribution in [0.15, 0.2) is 41.3 Å². The van der Waals surface area contributed by atoms with Crippen molar-refractivity contribution >= 4 is 12.2 Å². The van der Waals surface area contributed by atoms with E-state index in [1.54, 1.807) is 6.20 Å². The lowest BCUT2D eigenvalue weighted by Crippen LogP contribution is -2.18. The Bertz CT molecular complexity index is 645. The minimum absolute atomic E-state index is 0.151. The lowest BCUT2D eigenvalue weighted by atomic mass is 10.2. The highest BCUT2D eigenvalue weighted by atomic mass is 32.1. The average Bonchev–Trinajstić information content (AvgIpc) is 2.40. The highest BCUT2D eigenvalue weighted by Crippen LogP contribution is 2.17. The molecule has 0 spiro atoms. The number of hydrogen-bond donors (Lipinski definition) is 1. The molecule has 1 heterocycles. The second kappa shape index (κ2) is 6.52. The van der Waals surface area contributed by atoms with Gasteiger partial charge in [0.15, 0.2) is 4.77 Å². The fourth-order valence-corrected chi connectivity index (χ4v) is 2.30. The van der Waals surface area contributed by atoms with Gasteiger partial charge < -0.3 is 9.72 Å². The molecule has 0 saturated carbocycles. The Balaban J connectivity index is 2.25. The summed E-state index contributed by atoms with van der Waals surface area (Å²) < 4.78 is 7.62. The number of aromatic amines is 1. The number of ether oxygens (including phenoxy) is 1. The van der Waals surface area contributed by atoms with Crippen LogP contribution in [0, 0.1) is 4.77 Å². The summed E-state index contributed by atoms with van der Waals surface area (Å²) in [4.78, 5) is 14.7. The molecule has 0 radical (unpaired) electrons. The van der Waals surface area contributed by atoms with Crippen LogP contribution in [0.4, 0.5) is 0 Å². The van der Waals surface area contributed by atoms with E-state index in [4.69, 9.17) is 17.0 Å². The molecule has 1 aromatic heterocycles. The van der Waals surface area contributed by atoms with E-state index < -0.39 is 0 Å². The quantitative estimate of drug-likeness (QED) is 0.858. The molecule has 0 aliphatic rings. The van der Waals surface area contributed by atoms with Gasteiger partial charge in [-0.15, -0.1) is 0 Å². The molecule has 0 saturated heterocycles. The molecule has 20 heavy (non-hydrogen) atoms. The van der Waals surface area contributed by atoms with Gasteiger partial charge in [0, 0.05) is 12.3 Å². The van der Waals surface area contributed by atoms with Crippen molar-refractivity contribution < 1.29 is 4.74 Å². The van der Waals surface area contributed by atoms with Gasteiger partial charge in [-0.1, -0.05) is 13.3 Å². The summed E-state index contributed by atoms with van der Waals surface area (Å²) in [7, 11) is 0. The number of rotatable bonds is 5. The smallest absolute Gasteiger partial charge is 0.258 e. The molecule has 4 nitrogen and oxygen atoms in total. The Morgan fingerprint density at radius 3 is 2.60 bits per heavy atom. The fourth-order valence-electron chi connectivity index (χ4n) is 2.04. The van der Waals surface area contributed by atoms with E-state index in [1.807, 2.05) is 24.3 Å². The Labute approximate surface area is 123 Å². The topological polar surface area (TPSA) is 47.0 Å². The van der Waals surface area contributed by atoms with Crippen molar-refractivity contribution in [3.63, 3.8) is 0 Å². The van der Waals surface area contributed by atoms with E-state index in [0.29, 0.717) is 4.77 Å². The summed E-state index contributed by atoms with van der Waals surface area (Å²) in [5.74, 6) is 0.800. The first-order chi connectivity index (χ1) is 9.61. The number of benzene rings is 1. The van der Waals surface area contributed by atoms with E-state index in [-0.39, 0.29) is 11.7 Å². The zero-order chi connectivity index (χ0) is 14.5. The zero-order valence-electron chi connectivity index (χ0n) is 11.6. The number of nitrogens with one attached hydrogen (secondary N) is 1. The molecule has 0 bridgehead atoms. The van der Waals surface area contributed by atoms with Gasteiger partial charge >= 0.3 is 0 Å². The molecule has 1 aromatic carbocycles. The summed E-state index contributed by atoms with van der Waals surface area (Å²) in [5.41, 5.74) is 0.578. The molecule has 0 amide bonds. The van der Waals surface area contributed by atoms with Crippen LogP contribution in [0.1, 0.15) is 26.7 Å². The van der Waals surface area contributed by atoms with Gasteiger partial charge in [0.05, 0.1) is 11.8 Å². The molecule has 1 atom stereocenters. The van der Waals surface area contributed by atoms with Crippen molar-refractivity contribution in [3.05, 3.63) is 51.7 Å². The predicted octanol–water partition coefficient (Wildman–Crippen LogP) is 3.46. The normalized spacial score (nSPS) is 12.1. The standard InChI is InChI=1S/C15H18N2O2S/c1-3-4-11(2)19-13-7-5-12(6-8-13)17-14(18)9-10-16-15(17)20/h5-11H,3-4H2,1-2H3,(H,16,20)/t11-/m0/s1. The summed E-state index contributed by atoms with van der Waals surface area (Å²) >= 11 is 5.13. The van der Waals surface area contributed by atoms with Crippen LogP contribution in [0.2, 0.25) is 0 Å². The van der Waals surface area contributed by atoms with Crippen molar-refractivity contribution in [1.29, 1.82) is 0 Å². The molecule has 0 aliphatic heterocycles. The molecular formula is C15H18N2O2S. The fraction of sp³-hybridized carbons (Fsp3) is 0.333. The van der Waals surface area contributed by atoms with Crippen molar-refractivity contribution in [2.45, 2.75) is 32.8 Å². The second-order valence-electron chi connectivity index (χ2n) is 4.67. The van der Waals surface area contributed by atoms with E-state index in [1.165, 1.54) is 10.6 Å². The molecule has 1 N–H and O–H groups in total. The lowest BCUT2D eigenvalue weighted by molar-refractivity contribution is 0.210. The maximum Gasteiger partial charge on any atom is 0.258 e. The van der Waals surface area contributed by atoms with Gasteiger partial charge in [-0.2, -0.15) is 0 Å². The molecule has 5 heteroatoms. The van der Waals surface area contributed by atoms with Crippen molar-refractivity contribution in [2.24, 2.45) is 0 Å². The Hall–Kier alpha value is -1.88. The van der Waals surface area contributed by atoms with Crippen LogP contribution in [0.5, 0.6) is 5.75 Å². The minimum atomic E-state index is -0.151. The summed E-state index contributed by atoms with van der Waals surface area (Å²) in [6.45, 7) is 4.18. The van der Waals surface area contributed by atoms with E-state index in [2.05, 4.69) is 18.8 Å². The maximum atomic E-state index is 11.8. The predicted molar refractivity (Wildman–Crippen MR) is 82.2 cm³/mol. The zero-order valence-corrected chi connectivity index (χ0v) is 12.4. The molecule has 0 fully saturated rings. The lowest BCUT2D eigenvalue weighted by Gasteiger charge is -2.14. The third kappa shape index (κ3) is 3.36. The Kier molecular flexibility index (Phi) is 4.74. The van der Waals surface area contributed by atoms with Crippen LogP contribution >= 0.6 is 12.2 Å². The third-order valence-corrected chi connectivity index (χ3v) is 3.28. The van der Waals surface area contributed by atoms with Gasteiger partial charge in [-0.05, 0) is 49.8 Å². The minimum Gasteiger partial charge on any atom is -0.491 e. The van der Waals surface area contributed by atoms with Gasteiger partial charge in [0.25, 0.3) is 5.56 Å². The van der Waals surface area contributed by atoms with Gasteiger partial charge in [-0.25, -0.2) is 0 Å². The Morgan fingerprint density at radius 2 is 2.00 bits per heavy atom. The highest BCUT2D eigenvalue weighted by Gasteiger charge is 2.04. The second-order valence-corrected chi connectivity index (χ2v) is 5.05. The van der Waals surface area contributed by atoms with Crippen LogP contribution < -0.4 is 10.3 Å².